The number of aromatic nitrogens is 4. The number of carbonyl (C=O) groups is 8. The van der Waals surface area contributed by atoms with Crippen molar-refractivity contribution in [3.05, 3.63) is 118 Å². The number of rotatable bonds is 30. The normalized spacial score (nSPS) is 25.6. The lowest BCUT2D eigenvalue weighted by Crippen LogP contribution is -2.59. The molecular weight excluding hydrogens is 1440 g/mol. The standard InChI is InChI=1S/C75H93N11O20S2/c1-41(2)59(81-57(87)32-85-48(18-22-58(85)88)34-103-27-28-108(100,101)102)67(94)77-42(3)65(92)78-47-17-15-46(45(29-47)16-20-54-61(89)62(90)63(91)64(106-54)69(97)98)33-104-71(99)83(7)25-26-105-75-37-72(5)35-73(6,38-75)74(36-72,39-75)40-86-43(4)51(30-76-86)49-19-21-56(80-60(49)68(95)96)84-24-23-44-11-10-12-50(52(44)31-84)66(93)82-70-79-53-13-8-9-14-55(53)107-70/h8-15,17,19,21,29-30,41-42,48,54,59,61-64,89-91H,16,18,20,22-28,31-40H2,1-7H3,(H,77,94)(H,78,92)(H,81,87)(H,95,96)(H,97,98)(H,79,82,93)(H,100,101,102)/t42-,48-,54-,59-,61-,62+,63-,64-,72?,73?,74?,75?/m0/s1. The van der Waals surface area contributed by atoms with Crippen molar-refractivity contribution in [2.45, 2.75) is 180 Å². The number of amides is 6. The zero-order chi connectivity index (χ0) is 77.5. The molecule has 0 spiro atoms. The number of thiazole rings is 1. The number of aliphatic hydroxyl groups is 3. The predicted molar refractivity (Wildman–Crippen MR) is 393 cm³/mol. The molecular formula is C75H93N11O20S2. The predicted octanol–water partition coefficient (Wildman–Crippen LogP) is 5.74. The number of likely N-dealkylation sites (N-methyl/N-ethyl adjacent to an activating group) is 1. The van der Waals surface area contributed by atoms with Gasteiger partial charge in [-0.2, -0.15) is 13.5 Å². The number of para-hydroxylation sites is 1. The highest BCUT2D eigenvalue weighted by Crippen LogP contribution is 2.78. The van der Waals surface area contributed by atoms with E-state index in [1.807, 2.05) is 59.0 Å². The van der Waals surface area contributed by atoms with Crippen LogP contribution in [0.15, 0.2) is 79.0 Å². The lowest BCUT2D eigenvalue weighted by Gasteiger charge is -2.46. The van der Waals surface area contributed by atoms with Gasteiger partial charge in [0, 0.05) is 67.7 Å². The summed E-state index contributed by atoms with van der Waals surface area (Å²) < 4.78 is 58.0. The molecule has 580 valence electrons. The molecule has 12 atom stereocenters. The molecule has 13 rings (SSSR count). The average Bonchev–Trinajstić information content (AvgIpc) is 1.50. The molecule has 6 fully saturated rings. The third-order valence-corrected chi connectivity index (χ3v) is 24.1. The molecule has 3 aromatic heterocycles. The van der Waals surface area contributed by atoms with Gasteiger partial charge in [0.2, 0.25) is 23.6 Å². The van der Waals surface area contributed by atoms with Crippen LogP contribution in [-0.4, -0.2) is 222 Å². The van der Waals surface area contributed by atoms with Gasteiger partial charge in [-0.15, -0.1) is 0 Å². The number of likely N-dealkylation sites (tertiary alicyclic amines) is 1. The van der Waals surface area contributed by atoms with Gasteiger partial charge in [0.25, 0.3) is 16.0 Å². The van der Waals surface area contributed by atoms with Gasteiger partial charge in [-0.1, -0.05) is 69.4 Å². The van der Waals surface area contributed by atoms with Gasteiger partial charge in [0.15, 0.2) is 16.9 Å². The topological polar surface area (TPSA) is 430 Å². The summed E-state index contributed by atoms with van der Waals surface area (Å²) in [6, 6.07) is 18.7. The Morgan fingerprint density at radius 1 is 0.843 bits per heavy atom. The van der Waals surface area contributed by atoms with Crippen LogP contribution in [0.3, 0.4) is 0 Å². The molecule has 6 aromatic rings. The van der Waals surface area contributed by atoms with E-state index in [1.54, 1.807) is 51.4 Å². The Bertz CT molecular complexity index is 4560. The number of carboxylic acid groups (broad SMARTS) is 2. The minimum absolute atomic E-state index is 0.000591. The number of hydrogen-bond acceptors (Lipinski definition) is 22. The summed E-state index contributed by atoms with van der Waals surface area (Å²) in [4.78, 5) is 121. The minimum Gasteiger partial charge on any atom is -0.479 e. The second-order valence-corrected chi connectivity index (χ2v) is 33.4. The van der Waals surface area contributed by atoms with Crippen LogP contribution in [0.1, 0.15) is 135 Å². The number of pyridine rings is 1. The lowest BCUT2D eigenvalue weighted by atomic mass is 9.65. The summed E-state index contributed by atoms with van der Waals surface area (Å²) in [6.07, 6.45) is -2.42. The molecule has 10 N–H and O–H groups in total. The Morgan fingerprint density at radius 3 is 2.36 bits per heavy atom. The quantitative estimate of drug-likeness (QED) is 0.0190. The highest BCUT2D eigenvalue weighted by Gasteiger charge is 2.74. The van der Waals surface area contributed by atoms with Crippen molar-refractivity contribution in [2.24, 2.45) is 22.2 Å². The highest BCUT2D eigenvalue weighted by atomic mass is 32.2. The Labute approximate surface area is 627 Å². The first kappa shape index (κ1) is 78.5. The number of anilines is 3. The van der Waals surface area contributed by atoms with Crippen LogP contribution in [0, 0.1) is 29.1 Å². The van der Waals surface area contributed by atoms with Gasteiger partial charge in [0.1, 0.15) is 42.8 Å². The molecule has 31 nitrogen and oxygen atoms in total. The van der Waals surface area contributed by atoms with Crippen LogP contribution in [0.2, 0.25) is 0 Å². The summed E-state index contributed by atoms with van der Waals surface area (Å²) in [7, 11) is -2.69. The number of nitrogens with zero attached hydrogens (tertiary/aromatic N) is 7. The number of hydrogen-bond donors (Lipinski definition) is 10. The molecule has 6 amide bonds. The summed E-state index contributed by atoms with van der Waals surface area (Å²) in [5.74, 6) is -6.13. The number of aliphatic carboxylic acids is 1. The van der Waals surface area contributed by atoms with Crippen LogP contribution in [0.5, 0.6) is 0 Å². The first-order valence-electron chi connectivity index (χ1n) is 36.2. The maximum atomic E-state index is 13.9. The van der Waals surface area contributed by atoms with E-state index in [-0.39, 0.29) is 91.7 Å². The third-order valence-electron chi connectivity index (χ3n) is 22.5. The Kier molecular flexibility index (Phi) is 22.9. The largest absolute Gasteiger partial charge is 0.479 e. The number of aryl methyl sites for hydroxylation is 1. The van der Waals surface area contributed by atoms with Gasteiger partial charge < -0.3 is 75.1 Å². The third kappa shape index (κ3) is 16.9. The smallest absolute Gasteiger partial charge is 0.409 e. The Hall–Kier alpha value is -9.06. The molecule has 0 radical (unpaired) electrons. The number of carbonyl (C=O) groups excluding carboxylic acids is 6. The van der Waals surface area contributed by atoms with Crippen molar-refractivity contribution < 1.29 is 95.8 Å². The van der Waals surface area contributed by atoms with Gasteiger partial charge in [-0.3, -0.25) is 38.5 Å². The van der Waals surface area contributed by atoms with E-state index in [1.165, 1.54) is 34.1 Å². The van der Waals surface area contributed by atoms with Gasteiger partial charge in [0.05, 0.1) is 66.3 Å². The molecule has 2 saturated heterocycles. The van der Waals surface area contributed by atoms with E-state index in [0.717, 1.165) is 59.1 Å². The molecule has 7 aliphatic rings. The zero-order valence-electron chi connectivity index (χ0n) is 61.2. The highest BCUT2D eigenvalue weighted by molar-refractivity contribution is 7.85. The molecule has 6 heterocycles. The van der Waals surface area contributed by atoms with Gasteiger partial charge >= 0.3 is 18.0 Å². The SMILES string of the molecule is Cc1c(-c2ccc(N3CCc4cccc(C(=O)Nc5nc6ccccc6s5)c4C3)nc2C(=O)O)cnn1CC12CC3(C)CC(OCCN(C)C(=O)OCc4ccc(NC(=O)[C@H](C)NC(=O)[C@@H](NC(=O)CN5C(=O)CC[C@H]5COCCS(=O)(=O)O)C(C)C)cc4CC[C@@H]4O[C@H](C(=O)O)[C@@H](O)[C@H](O)[C@H]4O)(CC1(C)C3)C2. The number of nitrogens with one attached hydrogen (secondary N) is 4. The van der Waals surface area contributed by atoms with Crippen molar-refractivity contribution in [3.8, 4) is 11.1 Å². The van der Waals surface area contributed by atoms with E-state index in [4.69, 9.17) is 33.6 Å². The fourth-order valence-corrected chi connectivity index (χ4v) is 18.7. The van der Waals surface area contributed by atoms with Crippen LogP contribution in [0.25, 0.3) is 21.3 Å². The first-order chi connectivity index (χ1) is 51.1. The van der Waals surface area contributed by atoms with Crippen LogP contribution >= 0.6 is 11.3 Å². The fraction of sp³-hybridized carbons (Fsp3) is 0.533. The van der Waals surface area contributed by atoms with Gasteiger partial charge in [-0.25, -0.2) is 24.4 Å². The molecule has 4 bridgehead atoms. The van der Waals surface area contributed by atoms with E-state index in [0.29, 0.717) is 71.2 Å². The van der Waals surface area contributed by atoms with Crippen molar-refractivity contribution >= 4 is 95.9 Å². The number of aliphatic hydroxyl groups excluding tert-OH is 3. The molecule has 33 heteroatoms. The summed E-state index contributed by atoms with van der Waals surface area (Å²) in [6.45, 7) is 12.0. The number of aromatic carboxylic acids is 1. The van der Waals surface area contributed by atoms with Crippen LogP contribution in [-0.2, 0) is 85.6 Å². The summed E-state index contributed by atoms with van der Waals surface area (Å²) in [5.41, 5.74) is 5.07. The molecule has 3 aliphatic heterocycles. The van der Waals surface area contributed by atoms with E-state index >= 15 is 0 Å². The Balaban J connectivity index is 0.666. The van der Waals surface area contributed by atoms with Crippen molar-refractivity contribution in [3.63, 3.8) is 0 Å². The van der Waals surface area contributed by atoms with E-state index in [9.17, 15) is 72.3 Å². The molecule has 3 aromatic carbocycles. The second-order valence-electron chi connectivity index (χ2n) is 30.8. The minimum atomic E-state index is -4.28. The zero-order valence-corrected chi connectivity index (χ0v) is 62.8. The van der Waals surface area contributed by atoms with Crippen molar-refractivity contribution in [1.82, 2.24) is 40.2 Å². The van der Waals surface area contributed by atoms with E-state index < -0.39 is 118 Å². The lowest BCUT2D eigenvalue weighted by molar-refractivity contribution is -0.228. The summed E-state index contributed by atoms with van der Waals surface area (Å²) >= 11 is 1.40. The maximum Gasteiger partial charge on any atom is 0.409 e. The van der Waals surface area contributed by atoms with Crippen LogP contribution in [0.4, 0.5) is 21.4 Å². The maximum absolute atomic E-state index is 13.9. The summed E-state index contributed by atoms with van der Waals surface area (Å²) in [5, 5.41) is 68.9. The average molecular weight is 1530 g/mol. The van der Waals surface area contributed by atoms with Crippen molar-refractivity contribution in [2.75, 3.05) is 67.8 Å². The number of fused-ring (bicyclic) bond motifs is 2. The second kappa shape index (κ2) is 31.5. The first-order valence-corrected chi connectivity index (χ1v) is 38.6. The molecule has 108 heavy (non-hydrogen) atoms. The molecule has 4 unspecified atom stereocenters. The molecule has 4 saturated carbocycles. The van der Waals surface area contributed by atoms with E-state index in [2.05, 4.69) is 40.1 Å². The monoisotopic (exact) mass is 1530 g/mol. The van der Waals surface area contributed by atoms with Gasteiger partial charge in [-0.05, 0) is 159 Å². The molecule has 4 aliphatic carbocycles. The number of ether oxygens (including phenoxy) is 4. The van der Waals surface area contributed by atoms with Crippen LogP contribution < -0.4 is 26.2 Å². The number of benzene rings is 3. The number of carboxylic acids is 2. The van der Waals surface area contributed by atoms with Crippen molar-refractivity contribution in [1.29, 1.82) is 0 Å². The fourth-order valence-electron chi connectivity index (χ4n) is 17.5. The Morgan fingerprint density at radius 2 is 1.62 bits per heavy atom.